The molecule has 1 saturated heterocycles. The summed E-state index contributed by atoms with van der Waals surface area (Å²) in [6.45, 7) is 4.34. The van der Waals surface area contributed by atoms with Crippen molar-refractivity contribution in [1.82, 2.24) is 5.32 Å². The molecule has 0 aromatic heterocycles. The van der Waals surface area contributed by atoms with Crippen LogP contribution >= 0.6 is 0 Å². The van der Waals surface area contributed by atoms with Crippen molar-refractivity contribution < 1.29 is 14.7 Å². The van der Waals surface area contributed by atoms with Gasteiger partial charge in [-0.1, -0.05) is 6.08 Å². The molecule has 0 saturated carbocycles. The second kappa shape index (κ2) is 4.91. The molecule has 2 N–H and O–H groups in total. The summed E-state index contributed by atoms with van der Waals surface area (Å²) in [5, 5.41) is 11.6. The first-order chi connectivity index (χ1) is 6.65. The molecule has 1 aliphatic rings. The van der Waals surface area contributed by atoms with Crippen LogP contribution in [-0.4, -0.2) is 29.4 Å². The van der Waals surface area contributed by atoms with Crippen molar-refractivity contribution in [2.24, 2.45) is 5.92 Å². The number of allylic oxidation sites excluding steroid dienone is 1. The topological polar surface area (TPSA) is 66.4 Å². The highest BCUT2D eigenvalue weighted by molar-refractivity contribution is 5.90. The summed E-state index contributed by atoms with van der Waals surface area (Å²) in [7, 11) is 0. The third-order valence-corrected chi connectivity index (χ3v) is 2.45. The lowest BCUT2D eigenvalue weighted by molar-refractivity contribution is -0.140. The Morgan fingerprint density at radius 3 is 2.79 bits per heavy atom. The summed E-state index contributed by atoms with van der Waals surface area (Å²) < 4.78 is 0. The van der Waals surface area contributed by atoms with Crippen molar-refractivity contribution in [1.29, 1.82) is 0 Å². The third-order valence-electron chi connectivity index (χ3n) is 2.45. The molecule has 1 heterocycles. The maximum absolute atomic E-state index is 11.7. The van der Waals surface area contributed by atoms with Gasteiger partial charge in [0.1, 0.15) is 0 Å². The predicted octanol–water partition coefficient (Wildman–Crippen LogP) is 0.584. The number of hydrogen-bond acceptors (Lipinski definition) is 3. The van der Waals surface area contributed by atoms with E-state index < -0.39 is 11.9 Å². The van der Waals surface area contributed by atoms with Gasteiger partial charge in [-0.2, -0.15) is 0 Å². The van der Waals surface area contributed by atoms with E-state index in [1.165, 1.54) is 6.08 Å². The minimum atomic E-state index is -0.957. The van der Waals surface area contributed by atoms with E-state index in [0.717, 1.165) is 19.4 Å². The van der Waals surface area contributed by atoms with E-state index in [2.05, 4.69) is 11.9 Å². The van der Waals surface area contributed by atoms with E-state index in [4.69, 9.17) is 5.11 Å². The molecular formula is C10H15NO3. The van der Waals surface area contributed by atoms with Crippen molar-refractivity contribution in [3.05, 3.63) is 12.7 Å². The fourth-order valence-corrected chi connectivity index (χ4v) is 1.67. The number of rotatable bonds is 5. The molecule has 0 aliphatic carbocycles. The molecule has 1 rings (SSSR count). The van der Waals surface area contributed by atoms with E-state index in [-0.39, 0.29) is 18.2 Å². The molecular weight excluding hydrogens is 182 g/mol. The highest BCUT2D eigenvalue weighted by atomic mass is 16.4. The average molecular weight is 197 g/mol. The van der Waals surface area contributed by atoms with Crippen molar-refractivity contribution in [3.8, 4) is 0 Å². The Kier molecular flexibility index (Phi) is 3.83. The van der Waals surface area contributed by atoms with Gasteiger partial charge in [0.2, 0.25) is 0 Å². The highest BCUT2D eigenvalue weighted by Crippen LogP contribution is 2.15. The van der Waals surface area contributed by atoms with E-state index in [1.807, 2.05) is 0 Å². The second-order valence-corrected chi connectivity index (χ2v) is 3.49. The molecule has 1 aliphatic heterocycles. The van der Waals surface area contributed by atoms with E-state index >= 15 is 0 Å². The number of carboxylic acid groups (broad SMARTS) is 1. The van der Waals surface area contributed by atoms with Crippen molar-refractivity contribution in [3.63, 3.8) is 0 Å². The first-order valence-electron chi connectivity index (χ1n) is 4.76. The summed E-state index contributed by atoms with van der Waals surface area (Å²) in [6, 6.07) is -0.169. The van der Waals surface area contributed by atoms with Crippen LogP contribution in [-0.2, 0) is 9.59 Å². The quantitative estimate of drug-likeness (QED) is 0.633. The van der Waals surface area contributed by atoms with Gasteiger partial charge < -0.3 is 10.4 Å². The molecule has 4 heteroatoms. The van der Waals surface area contributed by atoms with E-state index in [9.17, 15) is 9.59 Å². The van der Waals surface area contributed by atoms with Crippen LogP contribution in [0.3, 0.4) is 0 Å². The standard InChI is InChI=1S/C10H15NO3/c1-2-7(6-9(12)13)10(14)8-4-3-5-11-8/h2,7-8,11H,1,3-6H2,(H,12,13). The number of hydrogen-bond donors (Lipinski definition) is 2. The third kappa shape index (κ3) is 2.67. The van der Waals surface area contributed by atoms with Crippen LogP contribution in [0.15, 0.2) is 12.7 Å². The lowest BCUT2D eigenvalue weighted by Crippen LogP contribution is -2.35. The second-order valence-electron chi connectivity index (χ2n) is 3.49. The van der Waals surface area contributed by atoms with Gasteiger partial charge in [-0.15, -0.1) is 6.58 Å². The zero-order chi connectivity index (χ0) is 10.6. The molecule has 0 aromatic carbocycles. The molecule has 2 unspecified atom stereocenters. The first-order valence-corrected chi connectivity index (χ1v) is 4.76. The summed E-state index contributed by atoms with van der Waals surface area (Å²) in [5.41, 5.74) is 0. The van der Waals surface area contributed by atoms with Gasteiger partial charge in [-0.3, -0.25) is 9.59 Å². The molecule has 0 aromatic rings. The van der Waals surface area contributed by atoms with Gasteiger partial charge in [0, 0.05) is 5.92 Å². The lowest BCUT2D eigenvalue weighted by Gasteiger charge is -2.14. The maximum atomic E-state index is 11.7. The fraction of sp³-hybridized carbons (Fsp3) is 0.600. The maximum Gasteiger partial charge on any atom is 0.304 e. The normalized spacial score (nSPS) is 23.0. The minimum Gasteiger partial charge on any atom is -0.481 e. The zero-order valence-corrected chi connectivity index (χ0v) is 8.03. The highest BCUT2D eigenvalue weighted by Gasteiger charge is 2.28. The predicted molar refractivity (Wildman–Crippen MR) is 52.0 cm³/mol. The first kappa shape index (κ1) is 10.9. The zero-order valence-electron chi connectivity index (χ0n) is 8.03. The Hall–Kier alpha value is -1.16. The molecule has 0 radical (unpaired) electrons. The molecule has 14 heavy (non-hydrogen) atoms. The van der Waals surface area contributed by atoms with E-state index in [1.54, 1.807) is 0 Å². The van der Waals surface area contributed by atoms with Gasteiger partial charge in [0.05, 0.1) is 12.5 Å². The van der Waals surface area contributed by atoms with Crippen molar-refractivity contribution in [2.75, 3.05) is 6.54 Å². The Morgan fingerprint density at radius 2 is 2.36 bits per heavy atom. The van der Waals surface area contributed by atoms with Gasteiger partial charge in [-0.25, -0.2) is 0 Å². The average Bonchev–Trinajstić information content (AvgIpc) is 2.65. The molecule has 1 fully saturated rings. The molecule has 4 nitrogen and oxygen atoms in total. The smallest absolute Gasteiger partial charge is 0.304 e. The monoisotopic (exact) mass is 197 g/mol. The molecule has 78 valence electrons. The van der Waals surface area contributed by atoms with Gasteiger partial charge in [0.25, 0.3) is 0 Å². The molecule has 2 atom stereocenters. The van der Waals surface area contributed by atoms with Gasteiger partial charge in [0.15, 0.2) is 5.78 Å². The molecule has 0 bridgehead atoms. The number of carbonyl (C=O) groups is 2. The lowest BCUT2D eigenvalue weighted by atomic mass is 9.94. The van der Waals surface area contributed by atoms with Crippen LogP contribution in [0.2, 0.25) is 0 Å². The Balaban J connectivity index is 2.54. The largest absolute Gasteiger partial charge is 0.481 e. The SMILES string of the molecule is C=CC(CC(=O)O)C(=O)C1CCCN1. The summed E-state index contributed by atoms with van der Waals surface area (Å²) in [6.07, 6.45) is 3.06. The van der Waals surface area contributed by atoms with Crippen LogP contribution in [0, 0.1) is 5.92 Å². The summed E-state index contributed by atoms with van der Waals surface area (Å²) in [4.78, 5) is 22.2. The molecule has 0 amide bonds. The Bertz CT molecular complexity index is 244. The fourth-order valence-electron chi connectivity index (χ4n) is 1.67. The van der Waals surface area contributed by atoms with Crippen LogP contribution in [0.25, 0.3) is 0 Å². The minimum absolute atomic E-state index is 0.0418. The summed E-state index contributed by atoms with van der Waals surface area (Å²) >= 11 is 0. The van der Waals surface area contributed by atoms with Gasteiger partial charge >= 0.3 is 5.97 Å². The number of Topliss-reactive ketones (excluding diaryl/α,β-unsaturated/α-hetero) is 1. The van der Waals surface area contributed by atoms with Crippen LogP contribution < -0.4 is 5.32 Å². The van der Waals surface area contributed by atoms with Crippen LogP contribution in [0.4, 0.5) is 0 Å². The van der Waals surface area contributed by atoms with Crippen LogP contribution in [0.1, 0.15) is 19.3 Å². The number of nitrogens with one attached hydrogen (secondary N) is 1. The summed E-state index contributed by atoms with van der Waals surface area (Å²) in [5.74, 6) is -1.55. The number of carbonyl (C=O) groups excluding carboxylic acids is 1. The van der Waals surface area contributed by atoms with E-state index in [0.29, 0.717) is 0 Å². The number of aliphatic carboxylic acids is 1. The number of ketones is 1. The molecule has 0 spiro atoms. The Morgan fingerprint density at radius 1 is 1.64 bits per heavy atom. The van der Waals surface area contributed by atoms with Gasteiger partial charge in [-0.05, 0) is 19.4 Å². The van der Waals surface area contributed by atoms with Crippen molar-refractivity contribution in [2.45, 2.75) is 25.3 Å². The van der Waals surface area contributed by atoms with Crippen LogP contribution in [0.5, 0.6) is 0 Å². The van der Waals surface area contributed by atoms with Crippen molar-refractivity contribution >= 4 is 11.8 Å². The Labute approximate surface area is 83.0 Å². The number of carboxylic acids is 1.